The van der Waals surface area contributed by atoms with E-state index in [1.54, 1.807) is 6.07 Å². The van der Waals surface area contributed by atoms with Crippen LogP contribution >= 0.6 is 10.7 Å². The van der Waals surface area contributed by atoms with E-state index in [4.69, 9.17) is 10.7 Å². The Labute approximate surface area is 94.5 Å². The molecule has 0 saturated carbocycles. The van der Waals surface area contributed by atoms with E-state index >= 15 is 0 Å². The molecule has 3 nitrogen and oxygen atoms in total. The second kappa shape index (κ2) is 5.88. The molecule has 5 heteroatoms. The van der Waals surface area contributed by atoms with Crippen molar-refractivity contribution in [2.24, 2.45) is 0 Å². The summed E-state index contributed by atoms with van der Waals surface area (Å²) in [6.45, 7) is 5.29. The standard InChI is InChI=1S/C8H7ClO3S.C2H6/c1-6(10)7-4-2-3-5-8(7)13(9,11)12;1-2/h2-5H,1H3;1-2H3. The zero-order valence-corrected chi connectivity index (χ0v) is 10.4. The van der Waals surface area contributed by atoms with Crippen molar-refractivity contribution in [3.8, 4) is 0 Å². The summed E-state index contributed by atoms with van der Waals surface area (Å²) in [7, 11) is 1.30. The van der Waals surface area contributed by atoms with E-state index in [9.17, 15) is 13.2 Å². The van der Waals surface area contributed by atoms with Gasteiger partial charge in [0.2, 0.25) is 0 Å². The van der Waals surface area contributed by atoms with Crippen LogP contribution in [0.5, 0.6) is 0 Å². The fourth-order valence-corrected chi connectivity index (χ4v) is 2.09. The Morgan fingerprint density at radius 3 is 2.00 bits per heavy atom. The molecule has 0 fully saturated rings. The van der Waals surface area contributed by atoms with Crippen LogP contribution in [0, 0.1) is 0 Å². The van der Waals surface area contributed by atoms with Crippen molar-refractivity contribution in [3.63, 3.8) is 0 Å². The summed E-state index contributed by atoms with van der Waals surface area (Å²) in [5.41, 5.74) is 0.123. The summed E-state index contributed by atoms with van der Waals surface area (Å²) in [5, 5.41) is 0. The SMILES string of the molecule is CC.CC(=O)c1ccccc1S(=O)(=O)Cl. The van der Waals surface area contributed by atoms with Crippen LogP contribution in [0.25, 0.3) is 0 Å². The number of Topliss-reactive ketones (excluding diaryl/α,β-unsaturated/α-hetero) is 1. The van der Waals surface area contributed by atoms with E-state index in [-0.39, 0.29) is 16.2 Å². The normalized spacial score (nSPS) is 10.1. The molecule has 0 saturated heterocycles. The van der Waals surface area contributed by atoms with E-state index in [1.807, 2.05) is 13.8 Å². The van der Waals surface area contributed by atoms with Gasteiger partial charge in [-0.15, -0.1) is 0 Å². The number of hydrogen-bond donors (Lipinski definition) is 0. The molecule has 15 heavy (non-hydrogen) atoms. The van der Waals surface area contributed by atoms with Crippen molar-refractivity contribution in [2.45, 2.75) is 25.7 Å². The van der Waals surface area contributed by atoms with Crippen molar-refractivity contribution in [1.29, 1.82) is 0 Å². The predicted molar refractivity (Wildman–Crippen MR) is 60.8 cm³/mol. The summed E-state index contributed by atoms with van der Waals surface area (Å²) in [4.78, 5) is 10.9. The van der Waals surface area contributed by atoms with Gasteiger partial charge in [-0.1, -0.05) is 32.0 Å². The van der Waals surface area contributed by atoms with Gasteiger partial charge >= 0.3 is 0 Å². The minimum atomic E-state index is -3.83. The average molecular weight is 249 g/mol. The summed E-state index contributed by atoms with van der Waals surface area (Å²) in [6.07, 6.45) is 0. The van der Waals surface area contributed by atoms with Crippen molar-refractivity contribution in [2.75, 3.05) is 0 Å². The van der Waals surface area contributed by atoms with Crippen molar-refractivity contribution >= 4 is 25.5 Å². The van der Waals surface area contributed by atoms with Gasteiger partial charge in [-0.25, -0.2) is 8.42 Å². The molecule has 0 radical (unpaired) electrons. The molecule has 0 aliphatic heterocycles. The molecule has 0 atom stereocenters. The fourth-order valence-electron chi connectivity index (χ4n) is 0.970. The highest BCUT2D eigenvalue weighted by molar-refractivity contribution is 8.13. The van der Waals surface area contributed by atoms with Gasteiger partial charge in [0.1, 0.15) is 0 Å². The van der Waals surface area contributed by atoms with Crippen molar-refractivity contribution in [3.05, 3.63) is 29.8 Å². The zero-order valence-electron chi connectivity index (χ0n) is 8.82. The molecule has 0 aliphatic rings. The van der Waals surface area contributed by atoms with E-state index in [0.717, 1.165) is 0 Å². The largest absolute Gasteiger partial charge is 0.294 e. The summed E-state index contributed by atoms with van der Waals surface area (Å²) in [6, 6.07) is 5.83. The molecule has 0 aromatic heterocycles. The minimum absolute atomic E-state index is 0.123. The first-order valence-corrected chi connectivity index (χ1v) is 6.78. The summed E-state index contributed by atoms with van der Waals surface area (Å²) in [5.74, 6) is -0.320. The second-order valence-corrected chi connectivity index (χ2v) is 5.02. The molecule has 1 rings (SSSR count). The van der Waals surface area contributed by atoms with E-state index in [1.165, 1.54) is 25.1 Å². The Balaban J connectivity index is 0.000000921. The first-order chi connectivity index (χ1) is 6.93. The van der Waals surface area contributed by atoms with Gasteiger partial charge in [0.25, 0.3) is 9.05 Å². The highest BCUT2D eigenvalue weighted by atomic mass is 35.7. The lowest BCUT2D eigenvalue weighted by Crippen LogP contribution is -2.01. The van der Waals surface area contributed by atoms with Crippen LogP contribution in [0.1, 0.15) is 31.1 Å². The van der Waals surface area contributed by atoms with E-state index in [2.05, 4.69) is 0 Å². The Morgan fingerprint density at radius 2 is 1.67 bits per heavy atom. The van der Waals surface area contributed by atoms with Gasteiger partial charge in [0, 0.05) is 16.2 Å². The van der Waals surface area contributed by atoms with Crippen molar-refractivity contribution in [1.82, 2.24) is 0 Å². The summed E-state index contributed by atoms with van der Waals surface area (Å²) < 4.78 is 21.9. The molecule has 1 aromatic carbocycles. The Bertz CT molecular complexity index is 438. The number of carbonyl (C=O) groups excluding carboxylic acids is 1. The van der Waals surface area contributed by atoms with Gasteiger partial charge in [0.05, 0.1) is 4.90 Å². The number of rotatable bonds is 2. The van der Waals surface area contributed by atoms with Gasteiger partial charge in [-0.2, -0.15) is 0 Å². The summed E-state index contributed by atoms with van der Waals surface area (Å²) >= 11 is 0. The Morgan fingerprint density at radius 1 is 1.20 bits per heavy atom. The lowest BCUT2D eigenvalue weighted by molar-refractivity contribution is 0.101. The molecule has 1 aromatic rings. The van der Waals surface area contributed by atoms with Crippen LogP contribution in [0.15, 0.2) is 29.2 Å². The first kappa shape index (κ1) is 14.1. The number of halogens is 1. The lowest BCUT2D eigenvalue weighted by atomic mass is 10.1. The van der Waals surface area contributed by atoms with Crippen LogP contribution in [-0.2, 0) is 9.05 Å². The quantitative estimate of drug-likeness (QED) is 0.597. The molecular formula is C10H13ClO3S. The molecule has 0 heterocycles. The predicted octanol–water partition coefficient (Wildman–Crippen LogP) is 2.84. The van der Waals surface area contributed by atoms with Crippen LogP contribution in [0.3, 0.4) is 0 Å². The molecule has 0 aliphatic carbocycles. The van der Waals surface area contributed by atoms with Crippen LogP contribution in [-0.4, -0.2) is 14.2 Å². The minimum Gasteiger partial charge on any atom is -0.294 e. The van der Waals surface area contributed by atoms with Crippen LogP contribution in [0.2, 0.25) is 0 Å². The number of ketones is 1. The van der Waals surface area contributed by atoms with Gasteiger partial charge in [-0.05, 0) is 13.0 Å². The molecular weight excluding hydrogens is 236 g/mol. The first-order valence-electron chi connectivity index (χ1n) is 4.47. The van der Waals surface area contributed by atoms with Crippen molar-refractivity contribution < 1.29 is 13.2 Å². The van der Waals surface area contributed by atoms with E-state index in [0.29, 0.717) is 0 Å². The third-order valence-corrected chi connectivity index (χ3v) is 2.91. The Hall–Kier alpha value is -0.870. The molecule has 84 valence electrons. The lowest BCUT2D eigenvalue weighted by Gasteiger charge is -2.01. The maximum absolute atomic E-state index is 11.0. The number of carbonyl (C=O) groups is 1. The maximum atomic E-state index is 11.0. The van der Waals surface area contributed by atoms with Gasteiger partial charge in [-0.3, -0.25) is 4.79 Å². The zero-order chi connectivity index (χ0) is 12.1. The van der Waals surface area contributed by atoms with E-state index < -0.39 is 9.05 Å². The third-order valence-electron chi connectivity index (χ3n) is 1.53. The van der Waals surface area contributed by atoms with Gasteiger partial charge in [0.15, 0.2) is 5.78 Å². The highest BCUT2D eigenvalue weighted by Gasteiger charge is 2.16. The molecule has 0 N–H and O–H groups in total. The molecule has 0 unspecified atom stereocenters. The molecule has 0 amide bonds. The highest BCUT2D eigenvalue weighted by Crippen LogP contribution is 2.19. The molecule has 0 bridgehead atoms. The Kier molecular flexibility index (Phi) is 5.54. The average Bonchev–Trinajstić information content (AvgIpc) is 2.19. The van der Waals surface area contributed by atoms with Gasteiger partial charge < -0.3 is 0 Å². The third kappa shape index (κ3) is 4.01. The monoisotopic (exact) mass is 248 g/mol. The smallest absolute Gasteiger partial charge is 0.262 e. The topological polar surface area (TPSA) is 51.2 Å². The maximum Gasteiger partial charge on any atom is 0.262 e. The van der Waals surface area contributed by atoms with Crippen LogP contribution in [0.4, 0.5) is 0 Å². The second-order valence-electron chi connectivity index (χ2n) is 2.49. The van der Waals surface area contributed by atoms with Crippen LogP contribution < -0.4 is 0 Å². The molecule has 0 spiro atoms. The fraction of sp³-hybridized carbons (Fsp3) is 0.300. The number of hydrogen-bond acceptors (Lipinski definition) is 3. The number of benzene rings is 1.